The van der Waals surface area contributed by atoms with Gasteiger partial charge >= 0.3 is 0 Å². The zero-order valence-corrected chi connectivity index (χ0v) is 17.9. The van der Waals surface area contributed by atoms with Crippen molar-refractivity contribution in [3.63, 3.8) is 0 Å². The maximum Gasteiger partial charge on any atom is 0.254 e. The Morgan fingerprint density at radius 1 is 0.933 bits per heavy atom. The highest BCUT2D eigenvalue weighted by Crippen LogP contribution is 2.25. The van der Waals surface area contributed by atoms with E-state index in [9.17, 15) is 17.6 Å². The van der Waals surface area contributed by atoms with Gasteiger partial charge in [0.15, 0.2) is 0 Å². The van der Waals surface area contributed by atoms with Crippen molar-refractivity contribution in [1.82, 2.24) is 9.21 Å². The lowest BCUT2D eigenvalue weighted by Gasteiger charge is -2.35. The molecule has 6 nitrogen and oxygen atoms in total. The first-order valence-electron chi connectivity index (χ1n) is 10.3. The van der Waals surface area contributed by atoms with E-state index in [0.29, 0.717) is 37.4 Å². The number of para-hydroxylation sites is 1. The van der Waals surface area contributed by atoms with Gasteiger partial charge in [-0.05, 0) is 49.6 Å². The summed E-state index contributed by atoms with van der Waals surface area (Å²) < 4.78 is 41.9. The molecular formula is C22H26FN3O3S. The number of aryl methyl sites for hydroxylation is 1. The topological polar surface area (TPSA) is 60.9 Å². The second-order valence-corrected chi connectivity index (χ2v) is 9.76. The number of benzene rings is 2. The molecule has 0 bridgehead atoms. The van der Waals surface area contributed by atoms with Crippen LogP contribution in [0.3, 0.4) is 0 Å². The fourth-order valence-corrected chi connectivity index (χ4v) is 5.56. The van der Waals surface area contributed by atoms with Crippen LogP contribution in [0.15, 0.2) is 47.4 Å². The summed E-state index contributed by atoms with van der Waals surface area (Å²) >= 11 is 0. The Hall–Kier alpha value is -2.45. The van der Waals surface area contributed by atoms with Crippen LogP contribution in [0.25, 0.3) is 0 Å². The molecule has 160 valence electrons. The molecule has 2 heterocycles. The van der Waals surface area contributed by atoms with Crippen molar-refractivity contribution in [3.05, 3.63) is 59.4 Å². The van der Waals surface area contributed by atoms with Crippen molar-refractivity contribution in [1.29, 1.82) is 0 Å². The highest BCUT2D eigenvalue weighted by atomic mass is 32.2. The van der Waals surface area contributed by atoms with Crippen molar-refractivity contribution in [2.45, 2.75) is 24.7 Å². The van der Waals surface area contributed by atoms with Gasteiger partial charge in [0.05, 0.1) is 10.6 Å². The number of halogens is 1. The van der Waals surface area contributed by atoms with Gasteiger partial charge in [-0.2, -0.15) is 4.31 Å². The van der Waals surface area contributed by atoms with Crippen LogP contribution < -0.4 is 4.90 Å². The summed E-state index contributed by atoms with van der Waals surface area (Å²) in [4.78, 5) is 16.6. The predicted molar refractivity (Wildman–Crippen MR) is 114 cm³/mol. The molecular weight excluding hydrogens is 405 g/mol. The fraction of sp³-hybridized carbons (Fsp3) is 0.409. The molecule has 0 unspecified atom stereocenters. The zero-order valence-electron chi connectivity index (χ0n) is 17.1. The second-order valence-electron chi connectivity index (χ2n) is 7.82. The summed E-state index contributed by atoms with van der Waals surface area (Å²) in [5, 5.41) is 0. The summed E-state index contributed by atoms with van der Waals surface area (Å²) in [6, 6.07) is 11.3. The number of rotatable bonds is 4. The average molecular weight is 432 g/mol. The van der Waals surface area contributed by atoms with Gasteiger partial charge in [0.2, 0.25) is 10.0 Å². The first-order valence-corrected chi connectivity index (χ1v) is 11.7. The summed E-state index contributed by atoms with van der Waals surface area (Å²) in [5.41, 5.74) is 1.71. The molecule has 0 aliphatic carbocycles. The summed E-state index contributed by atoms with van der Waals surface area (Å²) in [6.45, 7) is 4.60. The van der Waals surface area contributed by atoms with Crippen molar-refractivity contribution >= 4 is 21.6 Å². The van der Waals surface area contributed by atoms with Crippen molar-refractivity contribution in [2.24, 2.45) is 0 Å². The number of anilines is 1. The lowest BCUT2D eigenvalue weighted by Crippen LogP contribution is -2.49. The Balaban J connectivity index is 1.52. The minimum absolute atomic E-state index is 0.105. The van der Waals surface area contributed by atoms with Crippen molar-refractivity contribution < 1.29 is 17.6 Å². The van der Waals surface area contributed by atoms with Gasteiger partial charge in [-0.3, -0.25) is 4.79 Å². The Morgan fingerprint density at radius 3 is 2.27 bits per heavy atom. The van der Waals surface area contributed by atoms with E-state index in [1.807, 2.05) is 11.8 Å². The fourth-order valence-electron chi connectivity index (χ4n) is 4.11. The minimum Gasteiger partial charge on any atom is -0.367 e. The van der Waals surface area contributed by atoms with E-state index in [0.717, 1.165) is 18.4 Å². The van der Waals surface area contributed by atoms with E-state index in [1.165, 1.54) is 16.4 Å². The smallest absolute Gasteiger partial charge is 0.254 e. The molecule has 0 atom stereocenters. The third-order valence-corrected chi connectivity index (χ3v) is 7.80. The lowest BCUT2D eigenvalue weighted by atomic mass is 10.1. The number of carbonyl (C=O) groups excluding carboxylic acids is 1. The molecule has 0 radical (unpaired) electrons. The largest absolute Gasteiger partial charge is 0.367 e. The summed E-state index contributed by atoms with van der Waals surface area (Å²) in [6.07, 6.45) is 1.96. The molecule has 2 aliphatic rings. The third-order valence-electron chi connectivity index (χ3n) is 5.90. The highest BCUT2D eigenvalue weighted by Gasteiger charge is 2.30. The number of likely N-dealkylation sites (tertiary alicyclic amines) is 1. The molecule has 8 heteroatoms. The molecule has 0 N–H and O–H groups in total. The van der Waals surface area contributed by atoms with Gasteiger partial charge in [0.1, 0.15) is 5.82 Å². The van der Waals surface area contributed by atoms with Gasteiger partial charge in [0.25, 0.3) is 5.91 Å². The monoisotopic (exact) mass is 431 g/mol. The Labute approximate surface area is 176 Å². The molecule has 2 aliphatic heterocycles. The van der Waals surface area contributed by atoms with Gasteiger partial charge < -0.3 is 9.80 Å². The van der Waals surface area contributed by atoms with Crippen LogP contribution in [-0.2, 0) is 10.0 Å². The van der Waals surface area contributed by atoms with Crippen molar-refractivity contribution in [2.75, 3.05) is 44.2 Å². The molecule has 0 aromatic heterocycles. The van der Waals surface area contributed by atoms with Crippen LogP contribution >= 0.6 is 0 Å². The van der Waals surface area contributed by atoms with Crippen LogP contribution in [0.1, 0.15) is 28.8 Å². The molecule has 2 fully saturated rings. The Morgan fingerprint density at radius 2 is 1.60 bits per heavy atom. The van der Waals surface area contributed by atoms with Gasteiger partial charge in [-0.1, -0.05) is 18.2 Å². The van der Waals surface area contributed by atoms with Crippen LogP contribution in [0.4, 0.5) is 10.1 Å². The SMILES string of the molecule is Cc1ccc(S(=O)(=O)N2CCN(c3ccccc3F)CC2)cc1C(=O)N1CCCC1. The van der Waals surface area contributed by atoms with E-state index in [2.05, 4.69) is 0 Å². The van der Waals surface area contributed by atoms with Crippen molar-refractivity contribution in [3.8, 4) is 0 Å². The number of hydrogen-bond donors (Lipinski definition) is 0. The number of carbonyl (C=O) groups is 1. The zero-order chi connectivity index (χ0) is 21.3. The Bertz CT molecular complexity index is 1040. The normalized spacial score (nSPS) is 18.1. The van der Waals surface area contributed by atoms with E-state index >= 15 is 0 Å². The standard InChI is InChI=1S/C22H26FN3O3S/c1-17-8-9-18(16-19(17)22(27)25-10-4-5-11-25)30(28,29)26-14-12-24(13-15-26)21-7-3-2-6-20(21)23/h2-3,6-9,16H,4-5,10-15H2,1H3. The summed E-state index contributed by atoms with van der Waals surface area (Å²) in [7, 11) is -3.73. The van der Waals surface area contributed by atoms with Crippen LogP contribution in [-0.4, -0.2) is 62.8 Å². The predicted octanol–water partition coefficient (Wildman–Crippen LogP) is 2.88. The molecule has 0 spiro atoms. The van der Waals surface area contributed by atoms with Gasteiger partial charge in [0, 0.05) is 44.8 Å². The van der Waals surface area contributed by atoms with Crippen LogP contribution in [0.5, 0.6) is 0 Å². The molecule has 30 heavy (non-hydrogen) atoms. The summed E-state index contributed by atoms with van der Waals surface area (Å²) in [5.74, 6) is -0.413. The molecule has 0 saturated carbocycles. The average Bonchev–Trinajstić information content (AvgIpc) is 3.29. The molecule has 4 rings (SSSR count). The first kappa shape index (κ1) is 20.8. The quantitative estimate of drug-likeness (QED) is 0.747. The minimum atomic E-state index is -3.73. The number of nitrogens with zero attached hydrogens (tertiary/aromatic N) is 3. The van der Waals surface area contributed by atoms with Crippen LogP contribution in [0.2, 0.25) is 0 Å². The molecule has 2 aromatic rings. The second kappa shape index (κ2) is 8.35. The van der Waals surface area contributed by atoms with Gasteiger partial charge in [-0.25, -0.2) is 12.8 Å². The van der Waals surface area contributed by atoms with Crippen LogP contribution in [0, 0.1) is 12.7 Å². The van der Waals surface area contributed by atoms with E-state index in [1.54, 1.807) is 35.2 Å². The molecule has 1 amide bonds. The van der Waals surface area contributed by atoms with E-state index < -0.39 is 10.0 Å². The first-order chi connectivity index (χ1) is 14.4. The van der Waals surface area contributed by atoms with E-state index in [-0.39, 0.29) is 29.7 Å². The number of hydrogen-bond acceptors (Lipinski definition) is 4. The molecule has 2 aromatic carbocycles. The maximum absolute atomic E-state index is 14.0. The number of sulfonamides is 1. The molecule has 2 saturated heterocycles. The third kappa shape index (κ3) is 3.94. The number of amides is 1. The van der Waals surface area contributed by atoms with E-state index in [4.69, 9.17) is 0 Å². The van der Waals surface area contributed by atoms with Gasteiger partial charge in [-0.15, -0.1) is 0 Å². The highest BCUT2D eigenvalue weighted by molar-refractivity contribution is 7.89. The lowest BCUT2D eigenvalue weighted by molar-refractivity contribution is 0.0792. The maximum atomic E-state index is 14.0. The number of piperazine rings is 1. The Kier molecular flexibility index (Phi) is 5.79.